The highest BCUT2D eigenvalue weighted by atomic mass is 16.7. The van der Waals surface area contributed by atoms with Crippen LogP contribution in [0.3, 0.4) is 0 Å². The largest absolute Gasteiger partial charge is 0.516 e. The van der Waals surface area contributed by atoms with Crippen molar-refractivity contribution in [1.82, 2.24) is 5.32 Å². The number of hydrogen-bond acceptors (Lipinski definition) is 6. The molecular weight excluding hydrogens is 212 g/mol. The maximum Gasteiger partial charge on any atom is 0.516 e. The van der Waals surface area contributed by atoms with Crippen LogP contribution in [0.25, 0.3) is 0 Å². The SMILES string of the molecule is CC(C)(C)OC(=O)OC(=O)[C]1NCCC1N. The van der Waals surface area contributed by atoms with Crippen molar-refractivity contribution in [3.8, 4) is 0 Å². The number of esters is 1. The Morgan fingerprint density at radius 1 is 1.44 bits per heavy atom. The first-order chi connectivity index (χ1) is 7.29. The van der Waals surface area contributed by atoms with Gasteiger partial charge in [-0.25, -0.2) is 9.59 Å². The number of rotatable bonds is 1. The molecule has 1 aliphatic heterocycles. The minimum Gasteiger partial charge on any atom is -0.428 e. The highest BCUT2D eigenvalue weighted by Gasteiger charge is 2.34. The van der Waals surface area contributed by atoms with Crippen LogP contribution < -0.4 is 11.1 Å². The van der Waals surface area contributed by atoms with Gasteiger partial charge in [0.1, 0.15) is 5.60 Å². The molecule has 1 saturated heterocycles. The molecule has 1 unspecified atom stereocenters. The van der Waals surface area contributed by atoms with Gasteiger partial charge in [-0.2, -0.15) is 0 Å². The van der Waals surface area contributed by atoms with Crippen LogP contribution in [0, 0.1) is 6.04 Å². The molecule has 0 aromatic carbocycles. The summed E-state index contributed by atoms with van der Waals surface area (Å²) in [5, 5.41) is 2.78. The van der Waals surface area contributed by atoms with Crippen LogP contribution in [0.4, 0.5) is 4.79 Å². The van der Waals surface area contributed by atoms with Crippen molar-refractivity contribution < 1.29 is 19.1 Å². The molecule has 0 aliphatic carbocycles. The second-order valence-electron chi connectivity index (χ2n) is 4.59. The fraction of sp³-hybridized carbons (Fsp3) is 0.700. The van der Waals surface area contributed by atoms with Crippen LogP contribution in [0.1, 0.15) is 27.2 Å². The average molecular weight is 229 g/mol. The van der Waals surface area contributed by atoms with Crippen LogP contribution >= 0.6 is 0 Å². The zero-order valence-corrected chi connectivity index (χ0v) is 9.70. The van der Waals surface area contributed by atoms with E-state index < -0.39 is 23.8 Å². The third kappa shape index (κ3) is 3.79. The van der Waals surface area contributed by atoms with Gasteiger partial charge in [0.25, 0.3) is 0 Å². The van der Waals surface area contributed by atoms with Gasteiger partial charge in [0.2, 0.25) is 0 Å². The molecule has 0 aromatic rings. The van der Waals surface area contributed by atoms with Gasteiger partial charge in [0, 0.05) is 6.04 Å². The highest BCUT2D eigenvalue weighted by Crippen LogP contribution is 2.15. The van der Waals surface area contributed by atoms with Crippen LogP contribution in [-0.2, 0) is 14.3 Å². The van der Waals surface area contributed by atoms with Crippen molar-refractivity contribution in [1.29, 1.82) is 0 Å². The Bertz CT molecular complexity index is 285. The average Bonchev–Trinajstić information content (AvgIpc) is 2.47. The first-order valence-electron chi connectivity index (χ1n) is 5.11. The zero-order chi connectivity index (χ0) is 12.3. The molecule has 1 aliphatic rings. The van der Waals surface area contributed by atoms with Crippen molar-refractivity contribution in [2.45, 2.75) is 38.8 Å². The van der Waals surface area contributed by atoms with E-state index in [1.54, 1.807) is 20.8 Å². The monoisotopic (exact) mass is 229 g/mol. The molecule has 0 amide bonds. The van der Waals surface area contributed by atoms with Gasteiger partial charge in [0.15, 0.2) is 6.04 Å². The molecule has 1 heterocycles. The van der Waals surface area contributed by atoms with Gasteiger partial charge in [0.05, 0.1) is 0 Å². The Labute approximate surface area is 94.5 Å². The molecule has 6 nitrogen and oxygen atoms in total. The first-order valence-corrected chi connectivity index (χ1v) is 5.11. The smallest absolute Gasteiger partial charge is 0.428 e. The van der Waals surface area contributed by atoms with Gasteiger partial charge in [-0.1, -0.05) is 0 Å². The summed E-state index contributed by atoms with van der Waals surface area (Å²) in [4.78, 5) is 22.6. The first kappa shape index (κ1) is 12.9. The second kappa shape index (κ2) is 4.80. The Hall–Kier alpha value is -1.14. The van der Waals surface area contributed by atoms with E-state index in [0.717, 1.165) is 0 Å². The van der Waals surface area contributed by atoms with Gasteiger partial charge >= 0.3 is 12.1 Å². The van der Waals surface area contributed by atoms with Crippen molar-refractivity contribution in [2.75, 3.05) is 6.54 Å². The maximum atomic E-state index is 11.4. The van der Waals surface area contributed by atoms with Gasteiger partial charge in [-0.15, -0.1) is 0 Å². The lowest BCUT2D eigenvalue weighted by molar-refractivity contribution is -0.140. The molecule has 6 heteroatoms. The summed E-state index contributed by atoms with van der Waals surface area (Å²) in [5.41, 5.74) is 4.94. The van der Waals surface area contributed by atoms with E-state index >= 15 is 0 Å². The molecule has 0 saturated carbocycles. The van der Waals surface area contributed by atoms with E-state index in [1.165, 1.54) is 0 Å². The van der Waals surface area contributed by atoms with Crippen molar-refractivity contribution in [2.24, 2.45) is 5.73 Å². The number of carbonyl (C=O) groups is 2. The number of nitrogens with two attached hydrogens (primary N) is 1. The number of hydrogen-bond donors (Lipinski definition) is 2. The Morgan fingerprint density at radius 3 is 2.50 bits per heavy atom. The molecule has 1 fully saturated rings. The Morgan fingerprint density at radius 2 is 2.06 bits per heavy atom. The van der Waals surface area contributed by atoms with Crippen LogP contribution in [0.15, 0.2) is 0 Å². The normalized spacial score (nSPS) is 21.9. The van der Waals surface area contributed by atoms with Crippen molar-refractivity contribution >= 4 is 12.1 Å². The molecule has 0 spiro atoms. The van der Waals surface area contributed by atoms with Gasteiger partial charge in [-0.3, -0.25) is 5.32 Å². The summed E-state index contributed by atoms with van der Waals surface area (Å²) in [5.74, 6) is -0.765. The zero-order valence-electron chi connectivity index (χ0n) is 9.70. The van der Waals surface area contributed by atoms with E-state index in [4.69, 9.17) is 10.5 Å². The minimum atomic E-state index is -1.01. The molecule has 3 N–H and O–H groups in total. The molecule has 0 aromatic heterocycles. The predicted octanol–water partition coefficient (Wildman–Crippen LogP) is 0.317. The van der Waals surface area contributed by atoms with Crippen molar-refractivity contribution in [3.63, 3.8) is 0 Å². The van der Waals surface area contributed by atoms with E-state index in [0.29, 0.717) is 13.0 Å². The molecule has 16 heavy (non-hydrogen) atoms. The van der Waals surface area contributed by atoms with Gasteiger partial charge < -0.3 is 15.2 Å². The lowest BCUT2D eigenvalue weighted by Gasteiger charge is -2.19. The molecule has 1 rings (SSSR count). The van der Waals surface area contributed by atoms with Crippen LogP contribution in [-0.4, -0.2) is 30.3 Å². The van der Waals surface area contributed by atoms with E-state index in [-0.39, 0.29) is 6.04 Å². The molecule has 1 atom stereocenters. The van der Waals surface area contributed by atoms with Crippen LogP contribution in [0.2, 0.25) is 0 Å². The number of carbonyl (C=O) groups excluding carboxylic acids is 2. The molecule has 0 bridgehead atoms. The summed E-state index contributed by atoms with van der Waals surface area (Å²) in [6, 6.07) is -0.166. The second-order valence-corrected chi connectivity index (χ2v) is 4.59. The Kier molecular flexibility index (Phi) is 3.88. The summed E-state index contributed by atoms with van der Waals surface area (Å²) >= 11 is 0. The lowest BCUT2D eigenvalue weighted by atomic mass is 10.1. The van der Waals surface area contributed by atoms with Crippen molar-refractivity contribution in [3.05, 3.63) is 6.04 Å². The number of nitrogens with one attached hydrogen (secondary N) is 1. The summed E-state index contributed by atoms with van der Waals surface area (Å²) in [6.45, 7) is 5.67. The third-order valence-corrected chi connectivity index (χ3v) is 1.93. The lowest BCUT2D eigenvalue weighted by Crippen LogP contribution is -2.38. The third-order valence-electron chi connectivity index (χ3n) is 1.93. The summed E-state index contributed by atoms with van der Waals surface area (Å²) in [6.07, 6.45) is -0.357. The highest BCUT2D eigenvalue weighted by molar-refractivity contribution is 5.92. The fourth-order valence-electron chi connectivity index (χ4n) is 1.26. The quantitative estimate of drug-likeness (QED) is 0.497. The molecule has 1 radical (unpaired) electrons. The standard InChI is InChI=1S/C10H17N2O4/c1-10(2,3)16-9(14)15-8(13)7-6(11)4-5-12-7/h6,12H,4-5,11H2,1-3H3. The maximum absolute atomic E-state index is 11.4. The van der Waals surface area contributed by atoms with E-state index in [9.17, 15) is 9.59 Å². The number of ether oxygens (including phenoxy) is 2. The predicted molar refractivity (Wildman–Crippen MR) is 56.2 cm³/mol. The van der Waals surface area contributed by atoms with Gasteiger partial charge in [-0.05, 0) is 33.7 Å². The molecule has 91 valence electrons. The minimum absolute atomic E-state index is 0.228. The topological polar surface area (TPSA) is 90.6 Å². The summed E-state index contributed by atoms with van der Waals surface area (Å²) in [7, 11) is 0. The Balaban J connectivity index is 2.42. The van der Waals surface area contributed by atoms with E-state index in [1.807, 2.05) is 0 Å². The summed E-state index contributed by atoms with van der Waals surface area (Å²) < 4.78 is 9.34. The molecular formula is C10H17N2O4. The van der Waals surface area contributed by atoms with Crippen LogP contribution in [0.5, 0.6) is 0 Å². The fourth-order valence-corrected chi connectivity index (χ4v) is 1.26. The van der Waals surface area contributed by atoms with E-state index in [2.05, 4.69) is 10.1 Å².